The van der Waals surface area contributed by atoms with E-state index in [0.717, 1.165) is 5.56 Å². The number of hydrogen-bond acceptors (Lipinski definition) is 4. The van der Waals surface area contributed by atoms with Crippen LogP contribution in [0.4, 0.5) is 0 Å². The molecule has 1 aromatic rings. The molecule has 0 heterocycles. The lowest BCUT2D eigenvalue weighted by Crippen LogP contribution is -2.31. The van der Waals surface area contributed by atoms with E-state index in [1.807, 2.05) is 6.92 Å². The highest BCUT2D eigenvalue weighted by Gasteiger charge is 2.29. The Morgan fingerprint density at radius 2 is 2.10 bits per heavy atom. The SMILES string of the molecule is COc1cc(Cl)cc(CC(C)N)c1OCC(C)(C)C(=O)O. The van der Waals surface area contributed by atoms with E-state index < -0.39 is 11.4 Å². The van der Waals surface area contributed by atoms with Gasteiger partial charge in [0.2, 0.25) is 0 Å². The van der Waals surface area contributed by atoms with Gasteiger partial charge >= 0.3 is 5.97 Å². The fourth-order valence-corrected chi connectivity index (χ4v) is 1.98. The first-order chi connectivity index (χ1) is 9.67. The molecule has 0 spiro atoms. The van der Waals surface area contributed by atoms with Crippen LogP contribution >= 0.6 is 11.6 Å². The fraction of sp³-hybridized carbons (Fsp3) is 0.533. The van der Waals surface area contributed by atoms with Gasteiger partial charge in [0, 0.05) is 22.7 Å². The van der Waals surface area contributed by atoms with Gasteiger partial charge in [0.1, 0.15) is 6.61 Å². The number of nitrogens with two attached hydrogens (primary N) is 1. The van der Waals surface area contributed by atoms with Gasteiger partial charge in [-0.1, -0.05) is 11.6 Å². The largest absolute Gasteiger partial charge is 0.493 e. The van der Waals surface area contributed by atoms with Gasteiger partial charge in [-0.15, -0.1) is 0 Å². The van der Waals surface area contributed by atoms with Crippen molar-refractivity contribution in [1.82, 2.24) is 0 Å². The Hall–Kier alpha value is -1.46. The monoisotopic (exact) mass is 315 g/mol. The molecule has 0 fully saturated rings. The molecule has 1 atom stereocenters. The lowest BCUT2D eigenvalue weighted by atomic mass is 9.95. The van der Waals surface area contributed by atoms with E-state index in [9.17, 15) is 4.79 Å². The Balaban J connectivity index is 3.10. The van der Waals surface area contributed by atoms with Gasteiger partial charge in [-0.25, -0.2) is 0 Å². The number of carboxylic acid groups (broad SMARTS) is 1. The fourth-order valence-electron chi connectivity index (χ4n) is 1.75. The molecule has 0 aliphatic rings. The third-order valence-corrected chi connectivity index (χ3v) is 3.23. The summed E-state index contributed by atoms with van der Waals surface area (Å²) in [7, 11) is 1.51. The molecule has 0 aromatic heterocycles. The number of rotatable bonds is 7. The number of methoxy groups -OCH3 is 1. The zero-order valence-corrected chi connectivity index (χ0v) is 13.5. The highest BCUT2D eigenvalue weighted by atomic mass is 35.5. The average molecular weight is 316 g/mol. The minimum atomic E-state index is -1.00. The molecule has 1 unspecified atom stereocenters. The molecule has 0 saturated heterocycles. The minimum Gasteiger partial charge on any atom is -0.493 e. The van der Waals surface area contributed by atoms with Gasteiger partial charge in [0.05, 0.1) is 12.5 Å². The molecule has 118 valence electrons. The topological polar surface area (TPSA) is 81.8 Å². The van der Waals surface area contributed by atoms with Crippen LogP contribution in [0.5, 0.6) is 11.5 Å². The highest BCUT2D eigenvalue weighted by Crippen LogP contribution is 2.36. The standard InChI is InChI=1S/C15H22ClNO4/c1-9(17)5-10-6-11(16)7-12(20-4)13(10)21-8-15(2,3)14(18)19/h6-7,9H,5,8,17H2,1-4H3,(H,18,19). The third kappa shape index (κ3) is 4.79. The molecule has 0 aliphatic carbocycles. The second kappa shape index (κ2) is 7.00. The van der Waals surface area contributed by atoms with E-state index >= 15 is 0 Å². The number of carbonyl (C=O) groups is 1. The van der Waals surface area contributed by atoms with E-state index in [1.54, 1.807) is 26.0 Å². The van der Waals surface area contributed by atoms with Gasteiger partial charge in [-0.3, -0.25) is 4.79 Å². The van der Waals surface area contributed by atoms with Crippen LogP contribution < -0.4 is 15.2 Å². The summed E-state index contributed by atoms with van der Waals surface area (Å²) < 4.78 is 11.0. The van der Waals surface area contributed by atoms with Crippen molar-refractivity contribution in [2.24, 2.45) is 11.1 Å². The number of benzene rings is 1. The summed E-state index contributed by atoms with van der Waals surface area (Å²) in [5, 5.41) is 9.67. The molecule has 0 saturated carbocycles. The second-order valence-electron chi connectivity index (χ2n) is 5.76. The Labute approximate surface area is 130 Å². The van der Waals surface area contributed by atoms with Crippen LogP contribution in [-0.2, 0) is 11.2 Å². The van der Waals surface area contributed by atoms with E-state index in [-0.39, 0.29) is 12.6 Å². The number of hydrogen-bond donors (Lipinski definition) is 2. The van der Waals surface area contributed by atoms with Gasteiger partial charge in [0.15, 0.2) is 11.5 Å². The van der Waals surface area contributed by atoms with Crippen molar-refractivity contribution in [3.8, 4) is 11.5 Å². The first-order valence-electron chi connectivity index (χ1n) is 6.65. The molecule has 1 aromatic carbocycles. The van der Waals surface area contributed by atoms with Gasteiger partial charge < -0.3 is 20.3 Å². The Kier molecular flexibility index (Phi) is 5.87. The molecule has 0 aliphatic heterocycles. The number of aliphatic carboxylic acids is 1. The highest BCUT2D eigenvalue weighted by molar-refractivity contribution is 6.30. The minimum absolute atomic E-state index is 0.0201. The van der Waals surface area contributed by atoms with Crippen LogP contribution in [0.3, 0.4) is 0 Å². The van der Waals surface area contributed by atoms with Crippen molar-refractivity contribution < 1.29 is 19.4 Å². The van der Waals surface area contributed by atoms with Gasteiger partial charge in [0.25, 0.3) is 0 Å². The van der Waals surface area contributed by atoms with Crippen LogP contribution in [0.15, 0.2) is 12.1 Å². The van der Waals surface area contributed by atoms with Crippen LogP contribution in [-0.4, -0.2) is 30.8 Å². The maximum Gasteiger partial charge on any atom is 0.312 e. The second-order valence-corrected chi connectivity index (χ2v) is 6.19. The lowest BCUT2D eigenvalue weighted by Gasteiger charge is -2.22. The Morgan fingerprint density at radius 1 is 1.48 bits per heavy atom. The van der Waals surface area contributed by atoms with Gasteiger partial charge in [-0.05, 0) is 33.3 Å². The van der Waals surface area contributed by atoms with Crippen LogP contribution in [0.2, 0.25) is 5.02 Å². The van der Waals surface area contributed by atoms with E-state index in [0.29, 0.717) is 22.9 Å². The molecule has 0 radical (unpaired) electrons. The smallest absolute Gasteiger partial charge is 0.312 e. The third-order valence-electron chi connectivity index (χ3n) is 3.01. The predicted octanol–water partition coefficient (Wildman–Crippen LogP) is 2.73. The first kappa shape index (κ1) is 17.6. The van der Waals surface area contributed by atoms with Crippen molar-refractivity contribution >= 4 is 17.6 Å². The van der Waals surface area contributed by atoms with E-state index in [2.05, 4.69) is 0 Å². The molecule has 0 bridgehead atoms. The van der Waals surface area contributed by atoms with E-state index in [1.165, 1.54) is 7.11 Å². The zero-order chi connectivity index (χ0) is 16.2. The summed E-state index contributed by atoms with van der Waals surface area (Å²) >= 11 is 6.05. The summed E-state index contributed by atoms with van der Waals surface area (Å²) in [5.74, 6) is 0.0389. The molecular weight excluding hydrogens is 294 g/mol. The van der Waals surface area contributed by atoms with Crippen molar-refractivity contribution in [3.05, 3.63) is 22.7 Å². The average Bonchev–Trinajstić information content (AvgIpc) is 2.35. The molecule has 3 N–H and O–H groups in total. The molecular formula is C15H22ClNO4. The number of carboxylic acids is 1. The molecule has 6 heteroatoms. The number of halogens is 1. The molecule has 0 amide bonds. The predicted molar refractivity (Wildman–Crippen MR) is 82.3 cm³/mol. The number of ether oxygens (including phenoxy) is 2. The quantitative estimate of drug-likeness (QED) is 0.808. The summed E-state index contributed by atoms with van der Waals surface area (Å²) in [4.78, 5) is 11.2. The maximum absolute atomic E-state index is 11.2. The Bertz CT molecular complexity index is 515. The normalized spacial score (nSPS) is 12.9. The summed E-state index contributed by atoms with van der Waals surface area (Å²) in [6.45, 7) is 5.09. The van der Waals surface area contributed by atoms with Crippen LogP contribution in [0, 0.1) is 5.41 Å². The molecule has 5 nitrogen and oxygen atoms in total. The van der Waals surface area contributed by atoms with Crippen LogP contribution in [0.25, 0.3) is 0 Å². The van der Waals surface area contributed by atoms with Crippen molar-refractivity contribution in [2.45, 2.75) is 33.2 Å². The van der Waals surface area contributed by atoms with Crippen LogP contribution in [0.1, 0.15) is 26.3 Å². The zero-order valence-electron chi connectivity index (χ0n) is 12.8. The molecule has 1 rings (SSSR count). The summed E-state index contributed by atoms with van der Waals surface area (Å²) in [6, 6.07) is 3.31. The van der Waals surface area contributed by atoms with Crippen molar-refractivity contribution in [2.75, 3.05) is 13.7 Å². The Morgan fingerprint density at radius 3 is 2.57 bits per heavy atom. The summed E-state index contributed by atoms with van der Waals surface area (Å²) in [6.07, 6.45) is 0.555. The van der Waals surface area contributed by atoms with E-state index in [4.69, 9.17) is 31.9 Å². The lowest BCUT2D eigenvalue weighted by molar-refractivity contribution is -0.148. The van der Waals surface area contributed by atoms with Gasteiger partial charge in [-0.2, -0.15) is 0 Å². The molecule has 21 heavy (non-hydrogen) atoms. The summed E-state index contributed by atoms with van der Waals surface area (Å²) in [5.41, 5.74) is 5.63. The van der Waals surface area contributed by atoms with Crippen molar-refractivity contribution in [1.29, 1.82) is 0 Å². The maximum atomic E-state index is 11.2. The van der Waals surface area contributed by atoms with Crippen molar-refractivity contribution in [3.63, 3.8) is 0 Å². The first-order valence-corrected chi connectivity index (χ1v) is 7.03.